The van der Waals surface area contributed by atoms with Gasteiger partial charge >= 0.3 is 0 Å². The van der Waals surface area contributed by atoms with Crippen molar-refractivity contribution in [2.75, 3.05) is 19.8 Å². The molecule has 106 valence electrons. The second kappa shape index (κ2) is 6.09. The third kappa shape index (κ3) is 3.28. The van der Waals surface area contributed by atoms with Crippen LogP contribution in [0.3, 0.4) is 0 Å². The molecule has 0 aliphatic carbocycles. The van der Waals surface area contributed by atoms with E-state index in [1.807, 2.05) is 6.92 Å². The minimum absolute atomic E-state index is 0.00667. The molecule has 1 aliphatic heterocycles. The molecule has 1 aliphatic rings. The van der Waals surface area contributed by atoms with Gasteiger partial charge in [-0.25, -0.2) is 4.68 Å². The number of amides is 1. The SMILES string of the molecule is CC1COC(CO)CN1C(=O)Cn1cc(CN)nn1. The summed E-state index contributed by atoms with van der Waals surface area (Å²) in [7, 11) is 0. The fourth-order valence-electron chi connectivity index (χ4n) is 2.01. The average molecular weight is 269 g/mol. The lowest BCUT2D eigenvalue weighted by Gasteiger charge is -2.37. The smallest absolute Gasteiger partial charge is 0.244 e. The summed E-state index contributed by atoms with van der Waals surface area (Å²) in [5.41, 5.74) is 6.09. The van der Waals surface area contributed by atoms with E-state index in [0.29, 0.717) is 25.4 Å². The normalized spacial score (nSPS) is 23.6. The van der Waals surface area contributed by atoms with Crippen LogP contribution in [-0.2, 0) is 22.6 Å². The molecule has 1 saturated heterocycles. The van der Waals surface area contributed by atoms with Crippen LogP contribution >= 0.6 is 0 Å². The van der Waals surface area contributed by atoms with Crippen LogP contribution in [0.25, 0.3) is 0 Å². The molecule has 0 bridgehead atoms. The van der Waals surface area contributed by atoms with E-state index >= 15 is 0 Å². The van der Waals surface area contributed by atoms with Crippen molar-refractivity contribution in [3.05, 3.63) is 11.9 Å². The first kappa shape index (κ1) is 13.9. The van der Waals surface area contributed by atoms with Gasteiger partial charge in [-0.3, -0.25) is 4.79 Å². The maximum Gasteiger partial charge on any atom is 0.244 e. The van der Waals surface area contributed by atoms with Crippen LogP contribution in [-0.4, -0.2) is 62.8 Å². The van der Waals surface area contributed by atoms with Gasteiger partial charge in [0.05, 0.1) is 37.3 Å². The van der Waals surface area contributed by atoms with Gasteiger partial charge < -0.3 is 20.5 Å². The second-order valence-corrected chi connectivity index (χ2v) is 4.64. The zero-order chi connectivity index (χ0) is 13.8. The fourth-order valence-corrected chi connectivity index (χ4v) is 2.01. The van der Waals surface area contributed by atoms with Gasteiger partial charge in [-0.1, -0.05) is 5.21 Å². The Balaban J connectivity index is 1.97. The molecule has 19 heavy (non-hydrogen) atoms. The molecular formula is C11H19N5O3. The lowest BCUT2D eigenvalue weighted by Crippen LogP contribution is -2.52. The van der Waals surface area contributed by atoms with E-state index in [0.717, 1.165) is 0 Å². The summed E-state index contributed by atoms with van der Waals surface area (Å²) in [6.07, 6.45) is 1.35. The Morgan fingerprint density at radius 3 is 3.11 bits per heavy atom. The molecule has 0 radical (unpaired) electrons. The van der Waals surface area contributed by atoms with Gasteiger partial charge in [0.1, 0.15) is 6.54 Å². The Hall–Kier alpha value is -1.51. The highest BCUT2D eigenvalue weighted by Gasteiger charge is 2.29. The van der Waals surface area contributed by atoms with Crippen LogP contribution in [0.5, 0.6) is 0 Å². The minimum atomic E-state index is -0.310. The first-order valence-corrected chi connectivity index (χ1v) is 6.25. The molecule has 2 rings (SSSR count). The van der Waals surface area contributed by atoms with Crippen LogP contribution in [0, 0.1) is 0 Å². The van der Waals surface area contributed by atoms with Crippen molar-refractivity contribution in [1.29, 1.82) is 0 Å². The lowest BCUT2D eigenvalue weighted by atomic mass is 10.2. The van der Waals surface area contributed by atoms with E-state index in [4.69, 9.17) is 15.6 Å². The molecule has 8 nitrogen and oxygen atoms in total. The van der Waals surface area contributed by atoms with E-state index in [2.05, 4.69) is 10.3 Å². The highest BCUT2D eigenvalue weighted by atomic mass is 16.5. The third-order valence-electron chi connectivity index (χ3n) is 3.12. The molecule has 2 heterocycles. The quantitative estimate of drug-likeness (QED) is 0.678. The summed E-state index contributed by atoms with van der Waals surface area (Å²) in [5.74, 6) is -0.0669. The zero-order valence-corrected chi connectivity index (χ0v) is 10.9. The number of nitrogens with zero attached hydrogens (tertiary/aromatic N) is 4. The Morgan fingerprint density at radius 2 is 2.47 bits per heavy atom. The standard InChI is InChI=1S/C11H19N5O3/c1-8-7-19-10(6-17)4-16(8)11(18)5-15-3-9(2-12)13-14-15/h3,8,10,17H,2,4-7,12H2,1H3. The van der Waals surface area contributed by atoms with Crippen molar-refractivity contribution >= 4 is 5.91 Å². The van der Waals surface area contributed by atoms with Crippen LogP contribution < -0.4 is 5.73 Å². The topological polar surface area (TPSA) is 106 Å². The van der Waals surface area contributed by atoms with Crippen molar-refractivity contribution in [3.8, 4) is 0 Å². The summed E-state index contributed by atoms with van der Waals surface area (Å²) < 4.78 is 6.87. The molecule has 0 spiro atoms. The predicted octanol–water partition coefficient (Wildman–Crippen LogP) is -1.65. The molecule has 2 atom stereocenters. The lowest BCUT2D eigenvalue weighted by molar-refractivity contribution is -0.147. The Labute approximate surface area is 111 Å². The minimum Gasteiger partial charge on any atom is -0.394 e. The van der Waals surface area contributed by atoms with Crippen LogP contribution in [0.1, 0.15) is 12.6 Å². The number of aromatic nitrogens is 3. The number of rotatable bonds is 4. The maximum atomic E-state index is 12.2. The molecule has 1 fully saturated rings. The molecule has 1 aromatic rings. The number of carbonyl (C=O) groups is 1. The van der Waals surface area contributed by atoms with Crippen LogP contribution in [0.2, 0.25) is 0 Å². The van der Waals surface area contributed by atoms with Crippen molar-refractivity contribution in [2.45, 2.75) is 32.2 Å². The molecular weight excluding hydrogens is 250 g/mol. The van der Waals surface area contributed by atoms with Crippen LogP contribution in [0.4, 0.5) is 0 Å². The average Bonchev–Trinajstić information content (AvgIpc) is 2.87. The fraction of sp³-hybridized carbons (Fsp3) is 0.727. The van der Waals surface area contributed by atoms with Gasteiger partial charge in [-0.2, -0.15) is 0 Å². The van der Waals surface area contributed by atoms with E-state index in [9.17, 15) is 4.79 Å². The van der Waals surface area contributed by atoms with Gasteiger partial charge in [0.2, 0.25) is 5.91 Å². The first-order chi connectivity index (χ1) is 9.13. The molecule has 3 N–H and O–H groups in total. The first-order valence-electron chi connectivity index (χ1n) is 6.25. The summed E-state index contributed by atoms with van der Waals surface area (Å²) >= 11 is 0. The number of carbonyl (C=O) groups excluding carboxylic acids is 1. The summed E-state index contributed by atoms with van der Waals surface area (Å²) in [5, 5.41) is 16.8. The highest BCUT2D eigenvalue weighted by Crippen LogP contribution is 2.12. The van der Waals surface area contributed by atoms with Crippen molar-refractivity contribution in [3.63, 3.8) is 0 Å². The van der Waals surface area contributed by atoms with Gasteiger partial charge in [-0.05, 0) is 6.92 Å². The van der Waals surface area contributed by atoms with E-state index in [-0.39, 0.29) is 31.2 Å². The number of hydrogen-bond donors (Lipinski definition) is 2. The molecule has 0 aromatic carbocycles. The maximum absolute atomic E-state index is 12.2. The van der Waals surface area contributed by atoms with E-state index in [1.165, 1.54) is 4.68 Å². The highest BCUT2D eigenvalue weighted by molar-refractivity contribution is 5.76. The number of aliphatic hydroxyl groups excluding tert-OH is 1. The van der Waals surface area contributed by atoms with Gasteiger partial charge in [0, 0.05) is 13.1 Å². The molecule has 2 unspecified atom stereocenters. The van der Waals surface area contributed by atoms with Gasteiger partial charge in [0.25, 0.3) is 0 Å². The molecule has 0 saturated carbocycles. The largest absolute Gasteiger partial charge is 0.394 e. The number of morpholine rings is 1. The Morgan fingerprint density at radius 1 is 1.68 bits per heavy atom. The molecule has 1 amide bonds. The summed E-state index contributed by atoms with van der Waals surface area (Å²) in [6.45, 7) is 3.08. The Bertz CT molecular complexity index is 436. The monoisotopic (exact) mass is 269 g/mol. The second-order valence-electron chi connectivity index (χ2n) is 4.64. The van der Waals surface area contributed by atoms with E-state index in [1.54, 1.807) is 11.1 Å². The van der Waals surface area contributed by atoms with Gasteiger partial charge in [0.15, 0.2) is 0 Å². The van der Waals surface area contributed by atoms with Crippen LogP contribution in [0.15, 0.2) is 6.20 Å². The zero-order valence-electron chi connectivity index (χ0n) is 10.9. The third-order valence-corrected chi connectivity index (χ3v) is 3.12. The van der Waals surface area contributed by atoms with E-state index < -0.39 is 0 Å². The van der Waals surface area contributed by atoms with Gasteiger partial charge in [-0.15, -0.1) is 5.10 Å². The molecule has 8 heteroatoms. The summed E-state index contributed by atoms with van der Waals surface area (Å²) in [4.78, 5) is 13.9. The number of aliphatic hydroxyl groups is 1. The number of hydrogen-bond acceptors (Lipinski definition) is 6. The number of ether oxygens (including phenoxy) is 1. The summed E-state index contributed by atoms with van der Waals surface area (Å²) in [6, 6.07) is -0.00667. The van der Waals surface area contributed by atoms with Crippen molar-refractivity contribution in [2.24, 2.45) is 5.73 Å². The Kier molecular flexibility index (Phi) is 4.46. The number of nitrogens with two attached hydrogens (primary N) is 1. The van der Waals surface area contributed by atoms with Crippen molar-refractivity contribution in [1.82, 2.24) is 19.9 Å². The predicted molar refractivity (Wildman–Crippen MR) is 65.9 cm³/mol. The van der Waals surface area contributed by atoms with Crippen molar-refractivity contribution < 1.29 is 14.6 Å². The molecule has 1 aromatic heterocycles.